The Hall–Kier alpha value is -1.38. The smallest absolute Gasteiger partial charge is 0.452 e. The first kappa shape index (κ1) is 14.7. The van der Waals surface area contributed by atoms with Crippen LogP contribution in [0.5, 0.6) is 0 Å². The van der Waals surface area contributed by atoms with Crippen molar-refractivity contribution < 1.29 is 23.1 Å². The third-order valence-corrected chi connectivity index (χ3v) is 3.10. The molecule has 9 heteroatoms. The Morgan fingerprint density at radius 2 is 2.17 bits per heavy atom. The quantitative estimate of drug-likeness (QED) is 0.897. The molecule has 1 unspecified atom stereocenters. The number of alkyl halides is 3. The molecule has 1 rings (SSSR count). The van der Waals surface area contributed by atoms with E-state index in [9.17, 15) is 18.0 Å². The molecular weight excluding hydrogens is 271 g/mol. The number of aromatic nitrogens is 2. The summed E-state index contributed by atoms with van der Waals surface area (Å²) in [6.07, 6.45) is -4.02. The van der Waals surface area contributed by atoms with E-state index in [0.29, 0.717) is 18.0 Å². The molecule has 1 aromatic rings. The van der Waals surface area contributed by atoms with Crippen molar-refractivity contribution in [1.82, 2.24) is 9.36 Å². The van der Waals surface area contributed by atoms with Gasteiger partial charge in [0.15, 0.2) is 0 Å². The number of rotatable bonds is 5. The molecule has 5 nitrogen and oxygen atoms in total. The molecule has 0 aliphatic rings. The fourth-order valence-electron chi connectivity index (χ4n) is 1.23. The van der Waals surface area contributed by atoms with Gasteiger partial charge in [-0.3, -0.25) is 4.79 Å². The first-order valence-corrected chi connectivity index (χ1v) is 5.92. The number of carbonyl (C=O) groups is 1. The molecule has 1 aromatic heterocycles. The summed E-state index contributed by atoms with van der Waals surface area (Å²) in [5, 5.41) is 8.72. The topological polar surface area (TPSA) is 66.3 Å². The fraction of sp³-hybridized carbons (Fsp3) is 0.667. The molecule has 18 heavy (non-hydrogen) atoms. The molecule has 0 saturated carbocycles. The summed E-state index contributed by atoms with van der Waals surface area (Å²) in [7, 11) is 0. The lowest BCUT2D eigenvalue weighted by molar-refractivity contribution is -0.144. The van der Waals surface area contributed by atoms with Gasteiger partial charge >= 0.3 is 12.1 Å². The third kappa shape index (κ3) is 3.56. The Bertz CT molecular complexity index is 421. The van der Waals surface area contributed by atoms with Crippen molar-refractivity contribution in [1.29, 1.82) is 0 Å². The molecule has 0 aliphatic heterocycles. The molecule has 0 aliphatic carbocycles. The van der Waals surface area contributed by atoms with Gasteiger partial charge in [-0.15, -0.1) is 0 Å². The molecule has 0 bridgehead atoms. The largest absolute Gasteiger partial charge is 0.480 e. The Morgan fingerprint density at radius 3 is 2.56 bits per heavy atom. The first-order valence-electron chi connectivity index (χ1n) is 5.15. The maximum absolute atomic E-state index is 12.4. The van der Waals surface area contributed by atoms with Crippen LogP contribution in [0.3, 0.4) is 0 Å². The Morgan fingerprint density at radius 1 is 1.56 bits per heavy atom. The van der Waals surface area contributed by atoms with Gasteiger partial charge in [-0.1, -0.05) is 6.92 Å². The number of halogens is 3. The lowest BCUT2D eigenvalue weighted by Gasteiger charge is -2.25. The Kier molecular flexibility index (Phi) is 4.49. The van der Waals surface area contributed by atoms with Crippen molar-refractivity contribution in [2.24, 2.45) is 0 Å². The summed E-state index contributed by atoms with van der Waals surface area (Å²) >= 11 is 0.552. The van der Waals surface area contributed by atoms with Crippen LogP contribution in [-0.4, -0.2) is 33.0 Å². The predicted molar refractivity (Wildman–Crippen MR) is 59.6 cm³/mol. The summed E-state index contributed by atoms with van der Waals surface area (Å²) in [6.45, 7) is 3.13. The van der Waals surface area contributed by atoms with Crippen LogP contribution >= 0.6 is 11.5 Å². The molecule has 0 saturated heterocycles. The molecule has 0 aromatic carbocycles. The molecule has 102 valence electrons. The van der Waals surface area contributed by atoms with E-state index >= 15 is 0 Å². The van der Waals surface area contributed by atoms with E-state index in [1.807, 2.05) is 6.92 Å². The van der Waals surface area contributed by atoms with Gasteiger partial charge < -0.3 is 10.0 Å². The summed E-state index contributed by atoms with van der Waals surface area (Å²) in [5.41, 5.74) is 0. The van der Waals surface area contributed by atoms with Crippen LogP contribution in [0.4, 0.5) is 18.3 Å². The van der Waals surface area contributed by atoms with Crippen molar-refractivity contribution in [3.8, 4) is 0 Å². The Balaban J connectivity index is 2.99. The summed E-state index contributed by atoms with van der Waals surface area (Å²) in [6, 6.07) is -0.227. The minimum Gasteiger partial charge on any atom is -0.480 e. The van der Waals surface area contributed by atoms with Crippen LogP contribution in [-0.2, 0) is 11.0 Å². The van der Waals surface area contributed by atoms with Crippen molar-refractivity contribution >= 4 is 22.6 Å². The number of hydrogen-bond acceptors (Lipinski definition) is 5. The van der Waals surface area contributed by atoms with E-state index in [0.717, 1.165) is 0 Å². The minimum atomic E-state index is -4.61. The monoisotopic (exact) mass is 283 g/mol. The number of hydrogen-bond donors (Lipinski definition) is 1. The van der Waals surface area contributed by atoms with E-state index in [-0.39, 0.29) is 11.2 Å². The number of nitrogens with zero attached hydrogens (tertiary/aromatic N) is 3. The Labute approximate surface area is 105 Å². The van der Waals surface area contributed by atoms with Gasteiger partial charge in [0.05, 0.1) is 0 Å². The predicted octanol–water partition coefficient (Wildman–Crippen LogP) is 2.25. The number of carboxylic acids is 1. The second-order valence-electron chi connectivity index (χ2n) is 3.68. The highest BCUT2D eigenvalue weighted by atomic mass is 32.1. The van der Waals surface area contributed by atoms with E-state index in [1.54, 1.807) is 6.92 Å². The first-order chi connectivity index (χ1) is 8.25. The summed E-state index contributed by atoms with van der Waals surface area (Å²) in [5.74, 6) is -2.36. The lowest BCUT2D eigenvalue weighted by atomic mass is 10.2. The lowest BCUT2D eigenvalue weighted by Crippen LogP contribution is -2.37. The van der Waals surface area contributed by atoms with E-state index in [2.05, 4.69) is 9.36 Å². The van der Waals surface area contributed by atoms with Crippen LogP contribution < -0.4 is 4.90 Å². The van der Waals surface area contributed by atoms with Gasteiger partial charge in [0.1, 0.15) is 6.54 Å². The molecule has 1 heterocycles. The van der Waals surface area contributed by atoms with Crippen molar-refractivity contribution in [3.63, 3.8) is 0 Å². The van der Waals surface area contributed by atoms with Gasteiger partial charge in [-0.25, -0.2) is 0 Å². The third-order valence-electron chi connectivity index (χ3n) is 2.34. The normalized spacial score (nSPS) is 13.4. The van der Waals surface area contributed by atoms with Gasteiger partial charge in [0.25, 0.3) is 0 Å². The van der Waals surface area contributed by atoms with Gasteiger partial charge in [-0.05, 0) is 13.3 Å². The zero-order valence-corrected chi connectivity index (χ0v) is 10.5. The number of carboxylic acid groups (broad SMARTS) is 1. The zero-order valence-electron chi connectivity index (χ0n) is 9.73. The van der Waals surface area contributed by atoms with Crippen LogP contribution in [0, 0.1) is 0 Å². The maximum atomic E-state index is 12.4. The van der Waals surface area contributed by atoms with Gasteiger partial charge in [-0.2, -0.15) is 22.5 Å². The maximum Gasteiger partial charge on any atom is 0.452 e. The minimum absolute atomic E-state index is 0.0286. The molecule has 0 radical (unpaired) electrons. The molecule has 0 spiro atoms. The molecular formula is C9H12F3N3O2S. The van der Waals surface area contributed by atoms with Crippen LogP contribution in [0.25, 0.3) is 0 Å². The summed E-state index contributed by atoms with van der Waals surface area (Å²) < 4.78 is 40.3. The molecule has 0 amide bonds. The second-order valence-corrected chi connectivity index (χ2v) is 4.41. The van der Waals surface area contributed by atoms with Crippen LogP contribution in [0.2, 0.25) is 0 Å². The molecule has 1 N–H and O–H groups in total. The SMILES string of the molecule is CCC(C)N(CC(=O)O)c1nc(C(F)(F)F)ns1. The van der Waals surface area contributed by atoms with Crippen LogP contribution in [0.1, 0.15) is 26.1 Å². The average Bonchev–Trinajstić information content (AvgIpc) is 2.73. The van der Waals surface area contributed by atoms with Gasteiger partial charge in [0.2, 0.25) is 11.0 Å². The number of aliphatic carboxylic acids is 1. The fourth-order valence-corrected chi connectivity index (χ4v) is 2.01. The van der Waals surface area contributed by atoms with E-state index < -0.39 is 24.5 Å². The van der Waals surface area contributed by atoms with E-state index in [4.69, 9.17) is 5.11 Å². The summed E-state index contributed by atoms with van der Waals surface area (Å²) in [4.78, 5) is 15.3. The molecule has 1 atom stereocenters. The van der Waals surface area contributed by atoms with Gasteiger partial charge in [0, 0.05) is 17.6 Å². The van der Waals surface area contributed by atoms with Crippen molar-refractivity contribution in [2.45, 2.75) is 32.5 Å². The average molecular weight is 283 g/mol. The highest BCUT2D eigenvalue weighted by Gasteiger charge is 2.37. The zero-order chi connectivity index (χ0) is 13.9. The van der Waals surface area contributed by atoms with E-state index in [1.165, 1.54) is 4.90 Å². The highest BCUT2D eigenvalue weighted by molar-refractivity contribution is 7.09. The standard InChI is InChI=1S/C9H12F3N3O2S/c1-3-5(2)15(4-6(16)17)8-13-7(14-18-8)9(10,11)12/h5H,3-4H2,1-2H3,(H,16,17). The second kappa shape index (κ2) is 5.51. The number of anilines is 1. The van der Waals surface area contributed by atoms with Crippen LogP contribution in [0.15, 0.2) is 0 Å². The van der Waals surface area contributed by atoms with Crippen molar-refractivity contribution in [2.75, 3.05) is 11.4 Å². The highest BCUT2D eigenvalue weighted by Crippen LogP contribution is 2.31. The van der Waals surface area contributed by atoms with Crippen molar-refractivity contribution in [3.05, 3.63) is 5.82 Å². The molecule has 0 fully saturated rings.